The number of rotatable bonds is 7. The van der Waals surface area contributed by atoms with Gasteiger partial charge >= 0.3 is 6.09 Å². The molecule has 0 fully saturated rings. The highest BCUT2D eigenvalue weighted by atomic mass is 16.6. The average Bonchev–Trinajstić information content (AvgIpc) is 2.32. The van der Waals surface area contributed by atoms with Crippen LogP contribution in [0.1, 0.15) is 27.7 Å². The second-order valence-electron chi connectivity index (χ2n) is 6.24. The Kier molecular flexibility index (Phi) is 8.02. The van der Waals surface area contributed by atoms with E-state index >= 15 is 0 Å². The Morgan fingerprint density at radius 1 is 1.29 bits per heavy atom. The summed E-state index contributed by atoms with van der Waals surface area (Å²) in [7, 11) is 5.56. The summed E-state index contributed by atoms with van der Waals surface area (Å²) in [5.41, 5.74) is 1.02. The van der Waals surface area contributed by atoms with E-state index in [1.807, 2.05) is 34.9 Å². The molecule has 0 heterocycles. The molecule has 0 aromatic rings. The third-order valence-electron chi connectivity index (χ3n) is 2.67. The molecule has 0 saturated heterocycles. The number of carbonyl (C=O) groups excluding carboxylic acids is 1. The lowest BCUT2D eigenvalue weighted by molar-refractivity contribution is 0.0288. The van der Waals surface area contributed by atoms with Gasteiger partial charge in [0.15, 0.2) is 0 Å². The fourth-order valence-electron chi connectivity index (χ4n) is 1.58. The standard InChI is InChI=1S/C15H30N4O2/c1-12(16)10-13(17-5)11-18(6)8-9-19(7)14(20)21-15(2,3)4/h10,16-17H,8-9,11H2,1-7H3/b13-10-,16-12?. The molecule has 0 radical (unpaired) electrons. The van der Waals surface area contributed by atoms with Crippen molar-refractivity contribution in [3.05, 3.63) is 11.8 Å². The number of amides is 1. The summed E-state index contributed by atoms with van der Waals surface area (Å²) in [4.78, 5) is 15.5. The maximum atomic E-state index is 11.8. The molecule has 21 heavy (non-hydrogen) atoms. The molecule has 0 aliphatic carbocycles. The summed E-state index contributed by atoms with van der Waals surface area (Å²) >= 11 is 0. The Morgan fingerprint density at radius 2 is 1.86 bits per heavy atom. The molecule has 0 atom stereocenters. The van der Waals surface area contributed by atoms with E-state index in [2.05, 4.69) is 10.2 Å². The third kappa shape index (κ3) is 9.90. The molecule has 0 unspecified atom stereocenters. The summed E-state index contributed by atoms with van der Waals surface area (Å²) in [6.45, 7) is 9.33. The van der Waals surface area contributed by atoms with E-state index < -0.39 is 5.60 Å². The van der Waals surface area contributed by atoms with Crippen molar-refractivity contribution in [1.82, 2.24) is 15.1 Å². The van der Waals surface area contributed by atoms with Crippen LogP contribution in [-0.2, 0) is 4.74 Å². The average molecular weight is 298 g/mol. The highest BCUT2D eigenvalue weighted by Gasteiger charge is 2.19. The minimum atomic E-state index is -0.471. The first-order chi connectivity index (χ1) is 9.55. The van der Waals surface area contributed by atoms with Gasteiger partial charge in [0.25, 0.3) is 0 Å². The van der Waals surface area contributed by atoms with E-state index in [-0.39, 0.29) is 6.09 Å². The van der Waals surface area contributed by atoms with Crippen molar-refractivity contribution in [3.63, 3.8) is 0 Å². The van der Waals surface area contributed by atoms with Gasteiger partial charge in [0.2, 0.25) is 0 Å². The van der Waals surface area contributed by atoms with Crippen LogP contribution in [0, 0.1) is 5.41 Å². The summed E-state index contributed by atoms with van der Waals surface area (Å²) in [5.74, 6) is 0. The SMILES string of the molecule is CN/C(=C\C(C)=N)CN(C)CCN(C)C(=O)OC(C)(C)C. The molecule has 0 aromatic carbocycles. The van der Waals surface area contributed by atoms with Gasteiger partial charge in [0, 0.05) is 45.1 Å². The lowest BCUT2D eigenvalue weighted by Crippen LogP contribution is -2.39. The quantitative estimate of drug-likeness (QED) is 0.705. The second-order valence-corrected chi connectivity index (χ2v) is 6.24. The summed E-state index contributed by atoms with van der Waals surface area (Å²) in [5, 5.41) is 10.6. The summed E-state index contributed by atoms with van der Waals surface area (Å²) in [6.07, 6.45) is 1.49. The zero-order valence-electron chi connectivity index (χ0n) is 14.4. The summed E-state index contributed by atoms with van der Waals surface area (Å²) in [6, 6.07) is 0. The monoisotopic (exact) mass is 298 g/mol. The van der Waals surface area contributed by atoms with Crippen LogP contribution in [-0.4, -0.2) is 68.0 Å². The van der Waals surface area contributed by atoms with Crippen molar-refractivity contribution in [1.29, 1.82) is 5.41 Å². The van der Waals surface area contributed by atoms with Crippen LogP contribution in [0.2, 0.25) is 0 Å². The number of hydrogen-bond donors (Lipinski definition) is 2. The molecule has 0 rings (SSSR count). The third-order valence-corrected chi connectivity index (χ3v) is 2.67. The first kappa shape index (κ1) is 19.4. The first-order valence-corrected chi connectivity index (χ1v) is 7.11. The highest BCUT2D eigenvalue weighted by Crippen LogP contribution is 2.08. The number of nitrogens with zero attached hydrogens (tertiary/aromatic N) is 2. The molecule has 0 aromatic heterocycles. The number of hydrogen-bond acceptors (Lipinski definition) is 5. The van der Waals surface area contributed by atoms with Crippen LogP contribution >= 0.6 is 0 Å². The van der Waals surface area contributed by atoms with Gasteiger partial charge in [-0.1, -0.05) is 0 Å². The Morgan fingerprint density at radius 3 is 2.29 bits per heavy atom. The highest BCUT2D eigenvalue weighted by molar-refractivity contribution is 5.90. The fourth-order valence-corrected chi connectivity index (χ4v) is 1.58. The van der Waals surface area contributed by atoms with Crippen LogP contribution in [0.25, 0.3) is 0 Å². The molecular weight excluding hydrogens is 268 g/mol. The predicted octanol–water partition coefficient (Wildman–Crippen LogP) is 1.93. The number of ether oxygens (including phenoxy) is 1. The molecule has 0 saturated carbocycles. The normalized spacial score (nSPS) is 12.3. The van der Waals surface area contributed by atoms with E-state index in [4.69, 9.17) is 10.1 Å². The van der Waals surface area contributed by atoms with Crippen LogP contribution in [0.3, 0.4) is 0 Å². The minimum absolute atomic E-state index is 0.310. The fraction of sp³-hybridized carbons (Fsp3) is 0.733. The number of nitrogens with one attached hydrogen (secondary N) is 2. The Balaban J connectivity index is 4.27. The molecule has 122 valence electrons. The molecule has 6 heteroatoms. The van der Waals surface area contributed by atoms with Crippen molar-refractivity contribution >= 4 is 11.8 Å². The van der Waals surface area contributed by atoms with Crippen molar-refractivity contribution < 1.29 is 9.53 Å². The first-order valence-electron chi connectivity index (χ1n) is 7.11. The largest absolute Gasteiger partial charge is 0.444 e. The van der Waals surface area contributed by atoms with Gasteiger partial charge in [0.1, 0.15) is 5.60 Å². The number of likely N-dealkylation sites (N-methyl/N-ethyl adjacent to an activating group) is 3. The maximum Gasteiger partial charge on any atom is 0.410 e. The lowest BCUT2D eigenvalue weighted by atomic mass is 10.2. The molecule has 0 bridgehead atoms. The molecule has 2 N–H and O–H groups in total. The van der Waals surface area contributed by atoms with E-state index in [0.717, 1.165) is 12.2 Å². The van der Waals surface area contributed by atoms with Gasteiger partial charge in [-0.3, -0.25) is 4.90 Å². The molecule has 0 aliphatic heterocycles. The van der Waals surface area contributed by atoms with Crippen molar-refractivity contribution in [2.24, 2.45) is 0 Å². The van der Waals surface area contributed by atoms with Gasteiger partial charge < -0.3 is 20.4 Å². The van der Waals surface area contributed by atoms with E-state index in [1.54, 1.807) is 24.9 Å². The van der Waals surface area contributed by atoms with Crippen LogP contribution < -0.4 is 5.32 Å². The van der Waals surface area contributed by atoms with Gasteiger partial charge in [0.05, 0.1) is 0 Å². The van der Waals surface area contributed by atoms with Gasteiger partial charge in [-0.15, -0.1) is 0 Å². The Bertz CT molecular complexity index is 386. The molecule has 1 amide bonds. The molecule has 6 nitrogen and oxygen atoms in total. The zero-order chi connectivity index (χ0) is 16.6. The van der Waals surface area contributed by atoms with Crippen LogP contribution in [0.15, 0.2) is 11.8 Å². The minimum Gasteiger partial charge on any atom is -0.444 e. The zero-order valence-corrected chi connectivity index (χ0v) is 14.4. The van der Waals surface area contributed by atoms with Crippen molar-refractivity contribution in [2.75, 3.05) is 40.8 Å². The Hall–Kier alpha value is -1.56. The molecule has 0 aliphatic rings. The van der Waals surface area contributed by atoms with Crippen LogP contribution in [0.5, 0.6) is 0 Å². The van der Waals surface area contributed by atoms with Gasteiger partial charge in [-0.25, -0.2) is 4.79 Å². The van der Waals surface area contributed by atoms with E-state index in [0.29, 0.717) is 18.8 Å². The smallest absolute Gasteiger partial charge is 0.410 e. The van der Waals surface area contributed by atoms with Gasteiger partial charge in [-0.05, 0) is 40.8 Å². The van der Waals surface area contributed by atoms with Crippen molar-refractivity contribution in [2.45, 2.75) is 33.3 Å². The molecule has 0 spiro atoms. The van der Waals surface area contributed by atoms with E-state index in [9.17, 15) is 4.79 Å². The second kappa shape index (κ2) is 8.67. The van der Waals surface area contributed by atoms with E-state index in [1.165, 1.54) is 0 Å². The van der Waals surface area contributed by atoms with Crippen LogP contribution in [0.4, 0.5) is 4.79 Å². The lowest BCUT2D eigenvalue weighted by Gasteiger charge is -2.26. The summed E-state index contributed by atoms with van der Waals surface area (Å²) < 4.78 is 5.30. The number of carbonyl (C=O) groups is 1. The number of allylic oxidation sites excluding steroid dienone is 1. The van der Waals surface area contributed by atoms with Crippen molar-refractivity contribution in [3.8, 4) is 0 Å². The predicted molar refractivity (Wildman–Crippen MR) is 86.9 cm³/mol. The van der Waals surface area contributed by atoms with Gasteiger partial charge in [-0.2, -0.15) is 0 Å². The molecular formula is C15H30N4O2. The maximum absolute atomic E-state index is 11.8. The Labute approximate surface area is 128 Å². The topological polar surface area (TPSA) is 68.7 Å².